The van der Waals surface area contributed by atoms with Gasteiger partial charge < -0.3 is 10.8 Å². The highest BCUT2D eigenvalue weighted by atomic mass is 32.1. The summed E-state index contributed by atoms with van der Waals surface area (Å²) in [5.41, 5.74) is 5.77. The molecule has 0 fully saturated rings. The molecular formula is C8H13NOS. The van der Waals surface area contributed by atoms with Gasteiger partial charge in [-0.2, -0.15) is 0 Å². The zero-order chi connectivity index (χ0) is 8.27. The van der Waals surface area contributed by atoms with Crippen LogP contribution in [0.25, 0.3) is 0 Å². The number of rotatable bonds is 3. The summed E-state index contributed by atoms with van der Waals surface area (Å²) in [4.78, 5) is 2.44. The van der Waals surface area contributed by atoms with Crippen molar-refractivity contribution in [1.82, 2.24) is 0 Å². The molecule has 1 heterocycles. The molecule has 0 amide bonds. The van der Waals surface area contributed by atoms with Crippen molar-refractivity contribution < 1.29 is 5.11 Å². The fraction of sp³-hybridized carbons (Fsp3) is 0.500. The summed E-state index contributed by atoms with van der Waals surface area (Å²) in [6.45, 7) is 2.22. The molecule has 0 aliphatic rings. The molecular weight excluding hydrogens is 158 g/mol. The minimum absolute atomic E-state index is 0.0127. The predicted molar refractivity (Wildman–Crippen MR) is 47.7 cm³/mol. The second-order valence-electron chi connectivity index (χ2n) is 2.57. The van der Waals surface area contributed by atoms with E-state index in [4.69, 9.17) is 10.8 Å². The van der Waals surface area contributed by atoms with Crippen molar-refractivity contribution in [2.45, 2.75) is 19.4 Å². The molecule has 0 spiro atoms. The summed E-state index contributed by atoms with van der Waals surface area (Å²) in [5, 5.41) is 8.63. The first-order valence-electron chi connectivity index (χ1n) is 3.67. The van der Waals surface area contributed by atoms with E-state index in [-0.39, 0.29) is 12.6 Å². The van der Waals surface area contributed by atoms with Gasteiger partial charge in [-0.05, 0) is 25.5 Å². The van der Waals surface area contributed by atoms with E-state index in [9.17, 15) is 0 Å². The Hall–Kier alpha value is -0.380. The van der Waals surface area contributed by atoms with Crippen LogP contribution < -0.4 is 5.73 Å². The summed E-state index contributed by atoms with van der Waals surface area (Å²) in [6, 6.07) is 4.09. The Labute approximate surface area is 70.7 Å². The molecule has 0 aliphatic carbocycles. The van der Waals surface area contributed by atoms with Crippen molar-refractivity contribution in [1.29, 1.82) is 0 Å². The topological polar surface area (TPSA) is 46.2 Å². The molecule has 0 aliphatic heterocycles. The molecule has 0 bridgehead atoms. The summed E-state index contributed by atoms with van der Waals surface area (Å²) in [5.74, 6) is 0. The molecule has 0 saturated heterocycles. The van der Waals surface area contributed by atoms with Crippen molar-refractivity contribution in [2.75, 3.05) is 6.61 Å². The molecule has 0 radical (unpaired) electrons. The molecule has 11 heavy (non-hydrogen) atoms. The average Bonchev–Trinajstić information content (AvgIpc) is 2.36. The smallest absolute Gasteiger partial charge is 0.0449 e. The van der Waals surface area contributed by atoms with E-state index in [1.807, 2.05) is 6.07 Å². The van der Waals surface area contributed by atoms with Gasteiger partial charge in [0.05, 0.1) is 0 Å². The first kappa shape index (κ1) is 8.71. The van der Waals surface area contributed by atoms with Crippen molar-refractivity contribution in [3.05, 3.63) is 21.9 Å². The molecule has 62 valence electrons. The van der Waals surface area contributed by atoms with E-state index in [1.54, 1.807) is 11.3 Å². The Morgan fingerprint density at radius 1 is 1.64 bits per heavy atom. The van der Waals surface area contributed by atoms with E-state index < -0.39 is 0 Å². The van der Waals surface area contributed by atoms with E-state index >= 15 is 0 Å². The highest BCUT2D eigenvalue weighted by molar-refractivity contribution is 7.12. The summed E-state index contributed by atoms with van der Waals surface area (Å²) < 4.78 is 0. The molecule has 1 rings (SSSR count). The number of thiophene rings is 1. The Morgan fingerprint density at radius 3 is 2.82 bits per heavy atom. The Morgan fingerprint density at radius 2 is 2.36 bits per heavy atom. The van der Waals surface area contributed by atoms with Crippen molar-refractivity contribution in [3.8, 4) is 0 Å². The highest BCUT2D eigenvalue weighted by Gasteiger charge is 2.06. The SMILES string of the molecule is Cc1ccc([C@@H](N)CCO)s1. The summed E-state index contributed by atoms with van der Waals surface area (Å²) in [7, 11) is 0. The molecule has 0 aromatic carbocycles. The molecule has 3 heteroatoms. The number of aryl methyl sites for hydroxylation is 1. The van der Waals surface area contributed by atoms with Crippen LogP contribution in [-0.2, 0) is 0 Å². The molecule has 0 unspecified atom stereocenters. The normalized spacial score (nSPS) is 13.4. The zero-order valence-corrected chi connectivity index (χ0v) is 7.40. The fourth-order valence-electron chi connectivity index (χ4n) is 0.934. The van der Waals surface area contributed by atoms with Crippen LogP contribution >= 0.6 is 11.3 Å². The van der Waals surface area contributed by atoms with Crippen LogP contribution in [0.3, 0.4) is 0 Å². The maximum Gasteiger partial charge on any atom is 0.0449 e. The number of aliphatic hydroxyl groups is 1. The zero-order valence-electron chi connectivity index (χ0n) is 6.58. The third kappa shape index (κ3) is 2.29. The number of hydrogen-bond donors (Lipinski definition) is 2. The minimum Gasteiger partial charge on any atom is -0.396 e. The maximum atomic E-state index is 8.63. The molecule has 1 aromatic heterocycles. The van der Waals surface area contributed by atoms with Gasteiger partial charge in [0.25, 0.3) is 0 Å². The molecule has 1 atom stereocenters. The maximum absolute atomic E-state index is 8.63. The van der Waals surface area contributed by atoms with Crippen molar-refractivity contribution in [3.63, 3.8) is 0 Å². The summed E-state index contributed by atoms with van der Waals surface area (Å²) >= 11 is 1.70. The van der Waals surface area contributed by atoms with Crippen molar-refractivity contribution in [2.24, 2.45) is 5.73 Å². The first-order valence-corrected chi connectivity index (χ1v) is 4.48. The standard InChI is InChI=1S/C8H13NOS/c1-6-2-3-8(11-6)7(9)4-5-10/h2-3,7,10H,4-5,9H2,1H3/t7-/m0/s1. The lowest BCUT2D eigenvalue weighted by Gasteiger charge is -2.05. The lowest BCUT2D eigenvalue weighted by Crippen LogP contribution is -2.09. The lowest BCUT2D eigenvalue weighted by molar-refractivity contribution is 0.277. The van der Waals surface area contributed by atoms with Gasteiger partial charge in [0, 0.05) is 22.4 Å². The fourth-order valence-corrected chi connectivity index (χ4v) is 1.85. The third-order valence-corrected chi connectivity index (χ3v) is 2.70. The second-order valence-corrected chi connectivity index (χ2v) is 3.89. The van der Waals surface area contributed by atoms with Gasteiger partial charge in [-0.15, -0.1) is 11.3 Å². The highest BCUT2D eigenvalue weighted by Crippen LogP contribution is 2.22. The van der Waals surface area contributed by atoms with Gasteiger partial charge in [0.1, 0.15) is 0 Å². The lowest BCUT2D eigenvalue weighted by atomic mass is 10.2. The molecule has 1 aromatic rings. The van der Waals surface area contributed by atoms with Crippen LogP contribution in [0.2, 0.25) is 0 Å². The van der Waals surface area contributed by atoms with Crippen LogP contribution in [0.5, 0.6) is 0 Å². The summed E-state index contributed by atoms with van der Waals surface area (Å²) in [6.07, 6.45) is 0.653. The van der Waals surface area contributed by atoms with Crippen LogP contribution in [0.15, 0.2) is 12.1 Å². The number of hydrogen-bond acceptors (Lipinski definition) is 3. The van der Waals surface area contributed by atoms with E-state index in [2.05, 4.69) is 13.0 Å². The van der Waals surface area contributed by atoms with Crippen LogP contribution in [-0.4, -0.2) is 11.7 Å². The van der Waals surface area contributed by atoms with Gasteiger partial charge in [-0.1, -0.05) is 0 Å². The number of aliphatic hydroxyl groups excluding tert-OH is 1. The Bertz CT molecular complexity index is 222. The Kier molecular flexibility index (Phi) is 3.05. The van der Waals surface area contributed by atoms with Crippen LogP contribution in [0, 0.1) is 6.92 Å². The van der Waals surface area contributed by atoms with Crippen LogP contribution in [0.1, 0.15) is 22.2 Å². The van der Waals surface area contributed by atoms with Crippen molar-refractivity contribution >= 4 is 11.3 Å². The number of nitrogens with two attached hydrogens (primary N) is 1. The second kappa shape index (κ2) is 3.85. The average molecular weight is 171 g/mol. The first-order chi connectivity index (χ1) is 5.24. The molecule has 0 saturated carbocycles. The van der Waals surface area contributed by atoms with Gasteiger partial charge in [0.2, 0.25) is 0 Å². The van der Waals surface area contributed by atoms with Gasteiger partial charge in [-0.25, -0.2) is 0 Å². The van der Waals surface area contributed by atoms with E-state index in [1.165, 1.54) is 4.88 Å². The quantitative estimate of drug-likeness (QED) is 0.723. The van der Waals surface area contributed by atoms with E-state index in [0.717, 1.165) is 4.88 Å². The molecule has 3 N–H and O–H groups in total. The third-order valence-electron chi connectivity index (χ3n) is 1.57. The predicted octanol–water partition coefficient (Wildman–Crippen LogP) is 1.44. The molecule has 2 nitrogen and oxygen atoms in total. The van der Waals surface area contributed by atoms with Gasteiger partial charge in [-0.3, -0.25) is 0 Å². The largest absolute Gasteiger partial charge is 0.396 e. The van der Waals surface area contributed by atoms with Gasteiger partial charge in [0.15, 0.2) is 0 Å². The monoisotopic (exact) mass is 171 g/mol. The Balaban J connectivity index is 2.60. The minimum atomic E-state index is 0.0127. The van der Waals surface area contributed by atoms with E-state index in [0.29, 0.717) is 6.42 Å². The van der Waals surface area contributed by atoms with Gasteiger partial charge >= 0.3 is 0 Å². The van der Waals surface area contributed by atoms with Crippen LogP contribution in [0.4, 0.5) is 0 Å².